The van der Waals surface area contributed by atoms with Crippen molar-refractivity contribution in [1.82, 2.24) is 19.9 Å². The first-order valence-electron chi connectivity index (χ1n) is 9.92. The minimum Gasteiger partial charge on any atom is -0.405 e. The Morgan fingerprint density at radius 1 is 1.06 bits per heavy atom. The Kier molecular flexibility index (Phi) is 6.72. The maximum Gasteiger partial charge on any atom is 0.512 e. The van der Waals surface area contributed by atoms with Gasteiger partial charge in [-0.3, -0.25) is 4.79 Å². The normalized spacial score (nSPS) is 22.7. The summed E-state index contributed by atoms with van der Waals surface area (Å²) in [5, 5.41) is 27.4. The predicted molar refractivity (Wildman–Crippen MR) is 114 cm³/mol. The zero-order valence-electron chi connectivity index (χ0n) is 17.2. The highest BCUT2D eigenvalue weighted by Crippen LogP contribution is 2.45. The maximum absolute atomic E-state index is 13.5. The molecular formula is C20H22N5O7P. The van der Waals surface area contributed by atoms with Gasteiger partial charge >= 0.3 is 7.75 Å². The number of nitrogens with two attached hydrogens (primary N) is 1. The number of nitrogens with zero attached hydrogens (tertiary/aromatic N) is 3. The average molecular weight is 475 g/mol. The molecular weight excluding hydrogens is 453 g/mol. The van der Waals surface area contributed by atoms with E-state index in [-0.39, 0.29) is 12.4 Å². The molecule has 1 saturated heterocycles. The van der Waals surface area contributed by atoms with E-state index in [1.165, 1.54) is 0 Å². The van der Waals surface area contributed by atoms with E-state index in [9.17, 15) is 19.6 Å². The molecule has 0 radical (unpaired) electrons. The van der Waals surface area contributed by atoms with Crippen LogP contribution in [-0.4, -0.2) is 55.7 Å². The molecule has 2 unspecified atom stereocenters. The van der Waals surface area contributed by atoms with Crippen molar-refractivity contribution in [3.05, 3.63) is 72.8 Å². The molecule has 12 nitrogen and oxygen atoms in total. The lowest BCUT2D eigenvalue weighted by molar-refractivity contribution is -0.0430. The van der Waals surface area contributed by atoms with Gasteiger partial charge in [-0.25, -0.2) is 14.2 Å². The highest BCUT2D eigenvalue weighted by Gasteiger charge is 2.45. The summed E-state index contributed by atoms with van der Waals surface area (Å²) in [5.74, 6) is -0.510. The third-order valence-electron chi connectivity index (χ3n) is 4.75. The van der Waals surface area contributed by atoms with Crippen molar-refractivity contribution in [2.24, 2.45) is 5.73 Å². The predicted octanol–water partition coefficient (Wildman–Crippen LogP) is 0.852. The van der Waals surface area contributed by atoms with Crippen molar-refractivity contribution in [3.8, 4) is 11.5 Å². The molecule has 4 rings (SSSR count). The molecule has 0 saturated carbocycles. The number of amides is 1. The summed E-state index contributed by atoms with van der Waals surface area (Å²) in [6, 6.07) is 16.9. The van der Waals surface area contributed by atoms with Gasteiger partial charge in [0.25, 0.3) is 5.91 Å². The van der Waals surface area contributed by atoms with Crippen molar-refractivity contribution in [3.63, 3.8) is 0 Å². The highest BCUT2D eigenvalue weighted by molar-refractivity contribution is 7.52. The van der Waals surface area contributed by atoms with E-state index in [0.717, 1.165) is 11.0 Å². The summed E-state index contributed by atoms with van der Waals surface area (Å²) in [4.78, 5) is 14.9. The molecule has 2 aromatic carbocycles. The van der Waals surface area contributed by atoms with E-state index in [2.05, 4.69) is 15.2 Å². The lowest BCUT2D eigenvalue weighted by Crippen LogP contribution is -2.37. The number of nitrogens with one attached hydrogen (secondary N) is 1. The van der Waals surface area contributed by atoms with Crippen molar-refractivity contribution >= 4 is 13.7 Å². The van der Waals surface area contributed by atoms with Gasteiger partial charge in [0.05, 0.1) is 0 Å². The van der Waals surface area contributed by atoms with E-state index in [1.807, 2.05) is 0 Å². The fourth-order valence-corrected chi connectivity index (χ4v) is 4.52. The lowest BCUT2D eigenvalue weighted by Gasteiger charge is -2.22. The Hall–Kier alpha value is -3.28. The quantitative estimate of drug-likeness (QED) is 0.325. The molecule has 13 heteroatoms. The number of ether oxygens (including phenoxy) is 1. The molecule has 4 atom stereocenters. The number of hydrogen-bond acceptors (Lipinski definition) is 9. The van der Waals surface area contributed by atoms with Crippen LogP contribution in [0.5, 0.6) is 11.5 Å². The van der Waals surface area contributed by atoms with E-state index in [0.29, 0.717) is 11.5 Å². The topological polar surface area (TPSA) is 171 Å². The molecule has 0 spiro atoms. The first-order valence-corrected chi connectivity index (χ1v) is 11.5. The van der Waals surface area contributed by atoms with Gasteiger partial charge in [0.15, 0.2) is 6.23 Å². The number of aliphatic hydroxyl groups is 2. The van der Waals surface area contributed by atoms with Crippen LogP contribution in [0.2, 0.25) is 0 Å². The number of carbonyl (C=O) groups is 1. The molecule has 174 valence electrons. The molecule has 1 fully saturated rings. The third kappa shape index (κ3) is 5.38. The Balaban J connectivity index is 1.48. The number of benzene rings is 2. The molecule has 5 N–H and O–H groups in total. The fourth-order valence-electron chi connectivity index (χ4n) is 3.15. The Morgan fingerprint density at radius 2 is 1.64 bits per heavy atom. The van der Waals surface area contributed by atoms with Crippen molar-refractivity contribution < 1.29 is 33.4 Å². The number of hydrogen-bond donors (Lipinski definition) is 4. The van der Waals surface area contributed by atoms with Crippen LogP contribution in [0.15, 0.2) is 67.0 Å². The molecule has 0 bridgehead atoms. The first kappa shape index (κ1) is 22.9. The van der Waals surface area contributed by atoms with Crippen LogP contribution in [0.4, 0.5) is 0 Å². The number of primary amides is 1. The third-order valence-corrected chi connectivity index (χ3v) is 6.22. The summed E-state index contributed by atoms with van der Waals surface area (Å²) in [6.07, 6.45) is -3.78. The summed E-state index contributed by atoms with van der Waals surface area (Å²) in [7, 11) is -3.98. The molecule has 33 heavy (non-hydrogen) atoms. The summed E-state index contributed by atoms with van der Waals surface area (Å²) in [5.41, 5.74) is 5.14. The van der Waals surface area contributed by atoms with Crippen LogP contribution in [0.25, 0.3) is 0 Å². The van der Waals surface area contributed by atoms with E-state index < -0.39 is 38.2 Å². The monoisotopic (exact) mass is 475 g/mol. The van der Waals surface area contributed by atoms with Gasteiger partial charge in [0.2, 0.25) is 5.82 Å². The van der Waals surface area contributed by atoms with Gasteiger partial charge in [0.1, 0.15) is 36.1 Å². The van der Waals surface area contributed by atoms with Gasteiger partial charge in [-0.2, -0.15) is 5.09 Å². The van der Waals surface area contributed by atoms with Crippen LogP contribution >= 0.6 is 7.75 Å². The Morgan fingerprint density at radius 3 is 2.15 bits per heavy atom. The number of carbonyl (C=O) groups excluding carboxylic acids is 1. The van der Waals surface area contributed by atoms with Crippen molar-refractivity contribution in [1.29, 1.82) is 0 Å². The molecule has 3 aromatic rings. The van der Waals surface area contributed by atoms with Gasteiger partial charge in [-0.15, -0.1) is 5.10 Å². The SMILES string of the molecule is NC(=O)c1ncn(C2OC(CNP(=O)(Oc3ccccc3)Oc3ccccc3)[C@@H](O)[C@H]2O)n1. The second-order valence-electron chi connectivity index (χ2n) is 7.13. The Labute approximate surface area is 188 Å². The number of aromatic nitrogens is 3. The molecule has 1 amide bonds. The highest BCUT2D eigenvalue weighted by atomic mass is 31.2. The zero-order chi connectivity index (χ0) is 23.4. The summed E-state index contributed by atoms with van der Waals surface area (Å²) in [6.45, 7) is -0.205. The van der Waals surface area contributed by atoms with Crippen LogP contribution in [-0.2, 0) is 9.30 Å². The van der Waals surface area contributed by atoms with Crippen molar-refractivity contribution in [2.75, 3.05) is 6.54 Å². The minimum atomic E-state index is -3.98. The summed E-state index contributed by atoms with van der Waals surface area (Å²) >= 11 is 0. The molecule has 1 aliphatic heterocycles. The first-order chi connectivity index (χ1) is 15.8. The van der Waals surface area contributed by atoms with Crippen LogP contribution in [0, 0.1) is 0 Å². The molecule has 1 aliphatic rings. The smallest absolute Gasteiger partial charge is 0.405 e. The minimum absolute atomic E-state index is 0.205. The van der Waals surface area contributed by atoms with E-state index in [4.69, 9.17) is 19.5 Å². The van der Waals surface area contributed by atoms with Crippen LogP contribution < -0.4 is 19.9 Å². The second-order valence-corrected chi connectivity index (χ2v) is 8.80. The molecule has 2 heterocycles. The fraction of sp³-hybridized carbons (Fsp3) is 0.250. The van der Waals surface area contributed by atoms with Gasteiger partial charge in [0, 0.05) is 6.54 Å². The maximum atomic E-state index is 13.5. The van der Waals surface area contributed by atoms with Gasteiger partial charge < -0.3 is 29.7 Å². The van der Waals surface area contributed by atoms with Crippen LogP contribution in [0.1, 0.15) is 16.8 Å². The molecule has 1 aromatic heterocycles. The van der Waals surface area contributed by atoms with E-state index >= 15 is 0 Å². The van der Waals surface area contributed by atoms with Crippen LogP contribution in [0.3, 0.4) is 0 Å². The summed E-state index contributed by atoms with van der Waals surface area (Å²) < 4.78 is 31.5. The van der Waals surface area contributed by atoms with Gasteiger partial charge in [-0.05, 0) is 24.3 Å². The Bertz CT molecular complexity index is 1080. The average Bonchev–Trinajstić information content (AvgIpc) is 3.40. The molecule has 0 aliphatic carbocycles. The second kappa shape index (κ2) is 9.69. The van der Waals surface area contributed by atoms with Gasteiger partial charge in [-0.1, -0.05) is 36.4 Å². The zero-order valence-corrected chi connectivity index (χ0v) is 18.1. The number of para-hydroxylation sites is 2. The number of rotatable bonds is 9. The lowest BCUT2D eigenvalue weighted by atomic mass is 10.1. The van der Waals surface area contributed by atoms with E-state index in [1.54, 1.807) is 60.7 Å². The largest absolute Gasteiger partial charge is 0.512 e. The van der Waals surface area contributed by atoms with Crippen molar-refractivity contribution in [2.45, 2.75) is 24.5 Å². The number of aliphatic hydroxyl groups excluding tert-OH is 2. The standard InChI is InChI=1S/C20H22N5O7P/c21-18(28)19-22-12-25(24-19)20-17(27)16(26)15(30-20)11-23-33(29,31-13-7-3-1-4-8-13)32-14-9-5-2-6-10-14/h1-10,12,15-17,20,26-27H,11H2,(H2,21,28)(H,23,29)/t15?,16-,17-,20?/m1/s1.